The van der Waals surface area contributed by atoms with Crippen LogP contribution in [0.4, 0.5) is 11.8 Å². The number of ether oxygens (including phenoxy) is 2. The van der Waals surface area contributed by atoms with Gasteiger partial charge in [0.15, 0.2) is 0 Å². The number of aliphatic imine (C=N–C) groups is 1. The summed E-state index contributed by atoms with van der Waals surface area (Å²) in [4.78, 5) is 18.6. The van der Waals surface area contributed by atoms with Crippen molar-refractivity contribution in [3.05, 3.63) is 47.7 Å². The van der Waals surface area contributed by atoms with Crippen LogP contribution in [0, 0.1) is 0 Å². The van der Waals surface area contributed by atoms with E-state index < -0.39 is 0 Å². The van der Waals surface area contributed by atoms with Gasteiger partial charge in [-0.1, -0.05) is 30.3 Å². The summed E-state index contributed by atoms with van der Waals surface area (Å²) < 4.78 is 10.9. The van der Waals surface area contributed by atoms with Gasteiger partial charge in [-0.25, -0.2) is 4.98 Å². The molecule has 7 nitrogen and oxygen atoms in total. The van der Waals surface area contributed by atoms with Crippen LogP contribution in [0.25, 0.3) is 0 Å². The Morgan fingerprint density at radius 1 is 0.889 bits per heavy atom. The Bertz CT molecular complexity index is 720. The maximum atomic E-state index is 5.48. The molecule has 1 aromatic carbocycles. The van der Waals surface area contributed by atoms with Crippen molar-refractivity contribution >= 4 is 18.0 Å². The molecule has 0 radical (unpaired) electrons. The van der Waals surface area contributed by atoms with E-state index in [1.807, 2.05) is 36.5 Å². The number of anilines is 2. The lowest BCUT2D eigenvalue weighted by Crippen LogP contribution is -2.39. The summed E-state index contributed by atoms with van der Waals surface area (Å²) in [6.45, 7) is 6.78. The highest BCUT2D eigenvalue weighted by atomic mass is 16.5. The van der Waals surface area contributed by atoms with Gasteiger partial charge < -0.3 is 19.3 Å². The highest BCUT2D eigenvalue weighted by Gasteiger charge is 2.19. The van der Waals surface area contributed by atoms with Crippen LogP contribution < -0.4 is 9.80 Å². The molecule has 0 amide bonds. The van der Waals surface area contributed by atoms with Gasteiger partial charge in [0.05, 0.1) is 38.7 Å². The summed E-state index contributed by atoms with van der Waals surface area (Å²) in [5.41, 5.74) is 2.02. The fraction of sp³-hybridized carbons (Fsp3) is 0.450. The first-order valence-corrected chi connectivity index (χ1v) is 9.47. The number of morpholine rings is 2. The molecule has 1 aromatic heterocycles. The normalized spacial score (nSPS) is 18.2. The van der Waals surface area contributed by atoms with E-state index in [2.05, 4.69) is 20.9 Å². The predicted octanol–water partition coefficient (Wildman–Crippen LogP) is 1.77. The summed E-state index contributed by atoms with van der Waals surface area (Å²) >= 11 is 0. The van der Waals surface area contributed by atoms with Crippen LogP contribution >= 0.6 is 0 Å². The quantitative estimate of drug-likeness (QED) is 0.751. The van der Waals surface area contributed by atoms with E-state index in [0.29, 0.717) is 19.8 Å². The maximum absolute atomic E-state index is 5.48. The van der Waals surface area contributed by atoms with E-state index in [-0.39, 0.29) is 0 Å². The molecule has 2 aliphatic heterocycles. The Morgan fingerprint density at radius 2 is 1.56 bits per heavy atom. The molecule has 2 aliphatic rings. The molecule has 4 rings (SSSR count). The molecule has 0 unspecified atom stereocenters. The van der Waals surface area contributed by atoms with Crippen molar-refractivity contribution in [1.29, 1.82) is 0 Å². The molecule has 0 spiro atoms. The standard InChI is InChI=1S/C20H25N5O2/c1-2-4-17(5-3-1)15-21-16-18-14-19(24-6-10-26-11-7-24)23-20(22-18)25-8-12-27-13-9-25/h1-5,14-15H,6-13,16H2. The topological polar surface area (TPSA) is 63.1 Å². The lowest BCUT2D eigenvalue weighted by atomic mass is 10.2. The number of aromatic nitrogens is 2. The van der Waals surface area contributed by atoms with Crippen molar-refractivity contribution in [2.75, 3.05) is 62.4 Å². The first kappa shape index (κ1) is 17.9. The molecule has 7 heteroatoms. The molecule has 0 N–H and O–H groups in total. The second-order valence-electron chi connectivity index (χ2n) is 6.60. The van der Waals surface area contributed by atoms with Crippen LogP contribution in [0.15, 0.2) is 41.4 Å². The molecule has 0 bridgehead atoms. The first-order valence-electron chi connectivity index (χ1n) is 9.47. The van der Waals surface area contributed by atoms with Crippen LogP contribution in [-0.4, -0.2) is 68.8 Å². The summed E-state index contributed by atoms with van der Waals surface area (Å²) in [6, 6.07) is 12.2. The lowest BCUT2D eigenvalue weighted by Gasteiger charge is -2.31. The Kier molecular flexibility index (Phi) is 5.91. The molecule has 2 fully saturated rings. The first-order chi connectivity index (χ1) is 13.4. The summed E-state index contributed by atoms with van der Waals surface area (Å²) in [5.74, 6) is 1.73. The van der Waals surface area contributed by atoms with Crippen LogP contribution in [0.3, 0.4) is 0 Å². The Hall–Kier alpha value is -2.51. The highest BCUT2D eigenvalue weighted by molar-refractivity contribution is 5.79. The van der Waals surface area contributed by atoms with Gasteiger partial charge in [-0.05, 0) is 5.56 Å². The maximum Gasteiger partial charge on any atom is 0.227 e. The molecule has 0 saturated carbocycles. The lowest BCUT2D eigenvalue weighted by molar-refractivity contribution is 0.121. The molecule has 3 heterocycles. The minimum Gasteiger partial charge on any atom is -0.378 e. The average molecular weight is 367 g/mol. The van der Waals surface area contributed by atoms with E-state index in [0.717, 1.165) is 62.4 Å². The third-order valence-electron chi connectivity index (χ3n) is 4.68. The van der Waals surface area contributed by atoms with Crippen molar-refractivity contribution in [3.63, 3.8) is 0 Å². The minimum absolute atomic E-state index is 0.534. The monoisotopic (exact) mass is 367 g/mol. The second kappa shape index (κ2) is 8.92. The minimum atomic E-state index is 0.534. The SMILES string of the molecule is C(=NCc1cc(N2CCOCC2)nc(N2CCOCC2)n1)c1ccccc1. The van der Waals surface area contributed by atoms with Crippen molar-refractivity contribution in [2.45, 2.75) is 6.54 Å². The van der Waals surface area contributed by atoms with Gasteiger partial charge in [-0.3, -0.25) is 4.99 Å². The predicted molar refractivity (Wildman–Crippen MR) is 106 cm³/mol. The van der Waals surface area contributed by atoms with Gasteiger partial charge in [-0.15, -0.1) is 0 Å². The zero-order valence-electron chi connectivity index (χ0n) is 15.5. The third kappa shape index (κ3) is 4.81. The van der Waals surface area contributed by atoms with Gasteiger partial charge in [0, 0.05) is 38.5 Å². The molecule has 0 aliphatic carbocycles. The molecular weight excluding hydrogens is 342 g/mol. The number of nitrogens with zero attached hydrogens (tertiary/aromatic N) is 5. The van der Waals surface area contributed by atoms with Crippen LogP contribution in [0.2, 0.25) is 0 Å². The summed E-state index contributed by atoms with van der Waals surface area (Å²) in [7, 11) is 0. The van der Waals surface area contributed by atoms with E-state index in [1.54, 1.807) is 0 Å². The van der Waals surface area contributed by atoms with E-state index in [4.69, 9.17) is 19.4 Å². The molecule has 27 heavy (non-hydrogen) atoms. The van der Waals surface area contributed by atoms with Crippen LogP contribution in [0.1, 0.15) is 11.3 Å². The van der Waals surface area contributed by atoms with Crippen molar-refractivity contribution in [2.24, 2.45) is 4.99 Å². The van der Waals surface area contributed by atoms with Gasteiger partial charge >= 0.3 is 0 Å². The summed E-state index contributed by atoms with van der Waals surface area (Å²) in [5, 5.41) is 0. The molecule has 2 saturated heterocycles. The van der Waals surface area contributed by atoms with Crippen LogP contribution in [-0.2, 0) is 16.0 Å². The zero-order chi connectivity index (χ0) is 18.3. The Labute approximate surface area is 159 Å². The fourth-order valence-electron chi connectivity index (χ4n) is 3.19. The fourth-order valence-corrected chi connectivity index (χ4v) is 3.19. The van der Waals surface area contributed by atoms with E-state index in [1.165, 1.54) is 0 Å². The van der Waals surface area contributed by atoms with Gasteiger partial charge in [0.2, 0.25) is 5.95 Å². The highest BCUT2D eigenvalue weighted by Crippen LogP contribution is 2.20. The Balaban J connectivity index is 1.55. The van der Waals surface area contributed by atoms with Crippen molar-refractivity contribution < 1.29 is 9.47 Å². The number of hydrogen-bond acceptors (Lipinski definition) is 7. The molecule has 0 atom stereocenters. The van der Waals surface area contributed by atoms with Gasteiger partial charge in [-0.2, -0.15) is 4.98 Å². The number of hydrogen-bond donors (Lipinski definition) is 0. The zero-order valence-corrected chi connectivity index (χ0v) is 15.5. The number of rotatable bonds is 5. The van der Waals surface area contributed by atoms with Crippen molar-refractivity contribution in [1.82, 2.24) is 9.97 Å². The smallest absolute Gasteiger partial charge is 0.227 e. The molecule has 142 valence electrons. The van der Waals surface area contributed by atoms with Gasteiger partial charge in [0.25, 0.3) is 0 Å². The van der Waals surface area contributed by atoms with Crippen molar-refractivity contribution in [3.8, 4) is 0 Å². The van der Waals surface area contributed by atoms with E-state index >= 15 is 0 Å². The third-order valence-corrected chi connectivity index (χ3v) is 4.68. The molecular formula is C20H25N5O2. The summed E-state index contributed by atoms with van der Waals surface area (Å²) in [6.07, 6.45) is 1.89. The largest absolute Gasteiger partial charge is 0.378 e. The average Bonchev–Trinajstić information content (AvgIpc) is 2.76. The van der Waals surface area contributed by atoms with Gasteiger partial charge in [0.1, 0.15) is 5.82 Å². The van der Waals surface area contributed by atoms with E-state index in [9.17, 15) is 0 Å². The Morgan fingerprint density at radius 3 is 2.26 bits per heavy atom. The number of benzene rings is 1. The molecule has 2 aromatic rings. The second-order valence-corrected chi connectivity index (χ2v) is 6.60. The van der Waals surface area contributed by atoms with Crippen LogP contribution in [0.5, 0.6) is 0 Å².